The highest BCUT2D eigenvalue weighted by molar-refractivity contribution is 5.77. The number of benzene rings is 1. The van der Waals surface area contributed by atoms with Gasteiger partial charge >= 0.3 is 5.97 Å². The number of carboxylic acid groups (broad SMARTS) is 1. The van der Waals surface area contributed by atoms with E-state index >= 15 is 0 Å². The summed E-state index contributed by atoms with van der Waals surface area (Å²) in [4.78, 5) is 10.5. The Kier molecular flexibility index (Phi) is 3.28. The lowest BCUT2D eigenvalue weighted by molar-refractivity contribution is -0.138. The first kappa shape index (κ1) is 12.2. The third-order valence-corrected chi connectivity index (χ3v) is 1.99. The maximum absolute atomic E-state index is 13.3. The van der Waals surface area contributed by atoms with Gasteiger partial charge in [-0.15, -0.1) is 0 Å². The minimum Gasteiger partial charge on any atom is -0.504 e. The van der Waals surface area contributed by atoms with E-state index in [0.717, 1.165) is 7.11 Å². The van der Waals surface area contributed by atoms with Crippen LogP contribution in [0.2, 0.25) is 0 Å². The van der Waals surface area contributed by atoms with Crippen molar-refractivity contribution in [1.29, 1.82) is 0 Å². The summed E-state index contributed by atoms with van der Waals surface area (Å²) in [6.07, 6.45) is 0. The van der Waals surface area contributed by atoms with Crippen molar-refractivity contribution in [3.05, 3.63) is 23.3 Å². The normalized spacial score (nSPS) is 12.2. The van der Waals surface area contributed by atoms with Gasteiger partial charge in [0.25, 0.3) is 0 Å². The third kappa shape index (κ3) is 1.89. The molecule has 0 aliphatic heterocycles. The second-order valence-electron chi connectivity index (χ2n) is 2.95. The number of aliphatic carboxylic acids is 1. The number of carbonyl (C=O) groups is 1. The Bertz CT molecular complexity index is 436. The highest BCUT2D eigenvalue weighted by Gasteiger charge is 2.27. The summed E-state index contributed by atoms with van der Waals surface area (Å²) in [6, 6.07) is -1.27. The molecule has 1 unspecified atom stereocenters. The average molecular weight is 233 g/mol. The topological polar surface area (TPSA) is 92.8 Å². The molecule has 0 amide bonds. The molecule has 1 atom stereocenters. The molecule has 0 saturated carbocycles. The van der Waals surface area contributed by atoms with Crippen molar-refractivity contribution in [2.75, 3.05) is 7.11 Å². The van der Waals surface area contributed by atoms with Crippen LogP contribution in [-0.2, 0) is 4.79 Å². The zero-order chi connectivity index (χ0) is 12.5. The molecule has 0 aliphatic carbocycles. The minimum absolute atomic E-state index is 0.384. The number of phenolic OH excluding ortho intramolecular Hbond substituents is 1. The fourth-order valence-electron chi connectivity index (χ4n) is 1.18. The van der Waals surface area contributed by atoms with E-state index in [0.29, 0.717) is 6.07 Å². The SMILES string of the molecule is COc1cc(F)c(F)c(C(N)C(=O)O)c1O. The first-order chi connectivity index (χ1) is 7.40. The quantitative estimate of drug-likeness (QED) is 0.716. The van der Waals surface area contributed by atoms with Crippen LogP contribution < -0.4 is 10.5 Å². The van der Waals surface area contributed by atoms with E-state index in [2.05, 4.69) is 4.74 Å². The maximum atomic E-state index is 13.3. The van der Waals surface area contributed by atoms with Gasteiger partial charge in [-0.3, -0.25) is 4.79 Å². The van der Waals surface area contributed by atoms with E-state index in [1.807, 2.05) is 0 Å². The number of rotatable bonds is 3. The minimum atomic E-state index is -1.87. The molecule has 5 nitrogen and oxygen atoms in total. The van der Waals surface area contributed by atoms with Crippen molar-refractivity contribution in [2.45, 2.75) is 6.04 Å². The van der Waals surface area contributed by atoms with Gasteiger partial charge in [-0.2, -0.15) is 0 Å². The molecule has 0 fully saturated rings. The van der Waals surface area contributed by atoms with Crippen LogP contribution in [0.3, 0.4) is 0 Å². The zero-order valence-electron chi connectivity index (χ0n) is 8.20. The van der Waals surface area contributed by atoms with Crippen molar-refractivity contribution in [3.63, 3.8) is 0 Å². The molecule has 4 N–H and O–H groups in total. The van der Waals surface area contributed by atoms with E-state index in [9.17, 15) is 18.7 Å². The number of phenols is 1. The predicted octanol–water partition coefficient (Wildman–Crippen LogP) is 0.763. The number of carboxylic acids is 1. The average Bonchev–Trinajstić information content (AvgIpc) is 2.23. The Morgan fingerprint density at radius 1 is 1.56 bits per heavy atom. The van der Waals surface area contributed by atoms with Crippen molar-refractivity contribution >= 4 is 5.97 Å². The van der Waals surface area contributed by atoms with Crippen LogP contribution in [0.4, 0.5) is 8.78 Å². The molecule has 0 bridgehead atoms. The summed E-state index contributed by atoms with van der Waals surface area (Å²) in [6.45, 7) is 0. The molecule has 0 aromatic heterocycles. The molecule has 1 aromatic rings. The van der Waals surface area contributed by atoms with Crippen molar-refractivity contribution in [2.24, 2.45) is 5.73 Å². The van der Waals surface area contributed by atoms with Crippen LogP contribution in [0.15, 0.2) is 6.07 Å². The van der Waals surface area contributed by atoms with Crippen molar-refractivity contribution in [3.8, 4) is 11.5 Å². The number of ether oxygens (including phenoxy) is 1. The summed E-state index contributed by atoms with van der Waals surface area (Å²) >= 11 is 0. The largest absolute Gasteiger partial charge is 0.504 e. The van der Waals surface area contributed by atoms with Crippen LogP contribution in [0.25, 0.3) is 0 Å². The number of methoxy groups -OCH3 is 1. The molecule has 0 spiro atoms. The van der Waals surface area contributed by atoms with Gasteiger partial charge in [0, 0.05) is 6.07 Å². The third-order valence-electron chi connectivity index (χ3n) is 1.99. The summed E-state index contributed by atoms with van der Waals surface area (Å²) in [5, 5.41) is 18.0. The Morgan fingerprint density at radius 2 is 2.12 bits per heavy atom. The first-order valence-electron chi connectivity index (χ1n) is 4.13. The van der Waals surface area contributed by atoms with Crippen LogP contribution in [0, 0.1) is 11.6 Å². The van der Waals surface area contributed by atoms with Crippen molar-refractivity contribution < 1.29 is 28.5 Å². The second kappa shape index (κ2) is 4.31. The molecule has 1 rings (SSSR count). The molecule has 1 aromatic carbocycles. The number of hydrogen-bond acceptors (Lipinski definition) is 4. The summed E-state index contributed by atoms with van der Waals surface area (Å²) < 4.78 is 30.8. The monoisotopic (exact) mass is 233 g/mol. The van der Waals surface area contributed by atoms with Gasteiger partial charge in [0.15, 0.2) is 23.1 Å². The van der Waals surface area contributed by atoms with Gasteiger partial charge in [0.1, 0.15) is 6.04 Å². The number of nitrogens with two attached hydrogens (primary N) is 1. The lowest BCUT2D eigenvalue weighted by Crippen LogP contribution is -2.22. The molecule has 0 heterocycles. The van der Waals surface area contributed by atoms with Crippen LogP contribution in [0.5, 0.6) is 11.5 Å². The van der Waals surface area contributed by atoms with Crippen LogP contribution in [-0.4, -0.2) is 23.3 Å². The highest BCUT2D eigenvalue weighted by atomic mass is 19.2. The Labute approximate surface area is 89.1 Å². The maximum Gasteiger partial charge on any atom is 0.325 e. The Morgan fingerprint density at radius 3 is 2.56 bits per heavy atom. The highest BCUT2D eigenvalue weighted by Crippen LogP contribution is 2.36. The molecular formula is C9H9F2NO4. The Hall–Kier alpha value is -1.89. The van der Waals surface area contributed by atoms with E-state index in [4.69, 9.17) is 10.8 Å². The summed E-state index contributed by atoms with van der Waals surface area (Å²) in [5.74, 6) is -5.65. The van der Waals surface area contributed by atoms with Gasteiger partial charge in [-0.05, 0) is 0 Å². The summed E-state index contributed by atoms with van der Waals surface area (Å²) in [7, 11) is 1.11. The fourth-order valence-corrected chi connectivity index (χ4v) is 1.18. The number of aromatic hydroxyl groups is 1. The van der Waals surface area contributed by atoms with E-state index < -0.39 is 35.0 Å². The smallest absolute Gasteiger partial charge is 0.325 e. The molecule has 0 radical (unpaired) electrons. The van der Waals surface area contributed by atoms with E-state index in [1.54, 1.807) is 0 Å². The lowest BCUT2D eigenvalue weighted by atomic mass is 10.0. The fraction of sp³-hybridized carbons (Fsp3) is 0.222. The second-order valence-corrected chi connectivity index (χ2v) is 2.95. The van der Waals surface area contributed by atoms with Crippen LogP contribution >= 0.6 is 0 Å². The molecule has 16 heavy (non-hydrogen) atoms. The molecule has 0 saturated heterocycles. The molecule has 0 aliphatic rings. The number of hydrogen-bond donors (Lipinski definition) is 3. The van der Waals surface area contributed by atoms with Gasteiger partial charge in [0.2, 0.25) is 0 Å². The standard InChI is InChI=1S/C9H9F2NO4/c1-16-4-2-3(10)6(11)5(8(4)13)7(12)9(14)15/h2,7,13H,12H2,1H3,(H,14,15). The summed E-state index contributed by atoms with van der Waals surface area (Å²) in [5.41, 5.74) is 4.27. The number of halogens is 2. The van der Waals surface area contributed by atoms with Gasteiger partial charge < -0.3 is 20.7 Å². The van der Waals surface area contributed by atoms with E-state index in [-0.39, 0.29) is 5.75 Å². The van der Waals surface area contributed by atoms with Crippen molar-refractivity contribution in [1.82, 2.24) is 0 Å². The first-order valence-corrected chi connectivity index (χ1v) is 4.13. The van der Waals surface area contributed by atoms with Crippen LogP contribution in [0.1, 0.15) is 11.6 Å². The van der Waals surface area contributed by atoms with Gasteiger partial charge in [-0.1, -0.05) is 0 Å². The van der Waals surface area contributed by atoms with Gasteiger partial charge in [0.05, 0.1) is 12.7 Å². The molecule has 88 valence electrons. The Balaban J connectivity index is 3.47. The predicted molar refractivity (Wildman–Crippen MR) is 49.1 cm³/mol. The molecule has 7 heteroatoms. The van der Waals surface area contributed by atoms with E-state index in [1.165, 1.54) is 0 Å². The molecular weight excluding hydrogens is 224 g/mol. The van der Waals surface area contributed by atoms with Gasteiger partial charge in [-0.25, -0.2) is 8.78 Å². The zero-order valence-corrected chi connectivity index (χ0v) is 8.20. The lowest BCUT2D eigenvalue weighted by Gasteiger charge is -2.13.